The van der Waals surface area contributed by atoms with Crippen molar-refractivity contribution < 1.29 is 22.4 Å². The van der Waals surface area contributed by atoms with Gasteiger partial charge in [0.25, 0.3) is 0 Å². The predicted molar refractivity (Wildman–Crippen MR) is 177 cm³/mol. The van der Waals surface area contributed by atoms with Crippen LogP contribution in [0.4, 0.5) is 5.69 Å². The largest absolute Gasteiger partial charge is 0.455 e. The van der Waals surface area contributed by atoms with Gasteiger partial charge >= 0.3 is 0 Å². The van der Waals surface area contributed by atoms with Gasteiger partial charge in [-0.3, -0.25) is 13.9 Å². The van der Waals surface area contributed by atoms with Crippen molar-refractivity contribution in [1.29, 1.82) is 5.26 Å². The van der Waals surface area contributed by atoms with Gasteiger partial charge in [-0.05, 0) is 69.1 Å². The number of fused-ring (bicyclic) bond motifs is 1. The van der Waals surface area contributed by atoms with Crippen LogP contribution in [0.25, 0.3) is 33.4 Å². The third-order valence-corrected chi connectivity index (χ3v) is 10.4. The van der Waals surface area contributed by atoms with E-state index in [2.05, 4.69) is 6.07 Å². The Hall–Kier alpha value is -4.22. The van der Waals surface area contributed by atoms with Gasteiger partial charge in [0.15, 0.2) is 11.6 Å². The minimum atomic E-state index is -3.69. The zero-order valence-electron chi connectivity index (χ0n) is 26.2. The Morgan fingerprint density at radius 1 is 1.00 bits per heavy atom. The number of rotatable bonds is 12. The molecule has 4 aromatic rings. The van der Waals surface area contributed by atoms with Gasteiger partial charge in [-0.1, -0.05) is 55.0 Å². The van der Waals surface area contributed by atoms with Crippen molar-refractivity contribution >= 4 is 38.2 Å². The number of sulfonamides is 1. The maximum Gasteiger partial charge on any atom is 0.232 e. The molecule has 0 saturated heterocycles. The smallest absolute Gasteiger partial charge is 0.232 e. The zero-order chi connectivity index (χ0) is 32.1. The maximum absolute atomic E-state index is 13.5. The molecule has 1 unspecified atom stereocenters. The highest BCUT2D eigenvalue weighted by Gasteiger charge is 2.43. The number of Topliss-reactive ketones (excluding diaryl/α,β-unsaturated/α-hetero) is 2. The second kappa shape index (κ2) is 11.6. The Kier molecular flexibility index (Phi) is 7.94. The molecule has 1 atom stereocenters. The van der Waals surface area contributed by atoms with Crippen LogP contribution >= 0.6 is 0 Å². The minimum absolute atomic E-state index is 0.0826. The number of hydrogen-bond acceptors (Lipinski definition) is 6. The van der Waals surface area contributed by atoms with Gasteiger partial charge in [-0.2, -0.15) is 5.26 Å². The fourth-order valence-electron chi connectivity index (χ4n) is 6.17. The summed E-state index contributed by atoms with van der Waals surface area (Å²) in [5.74, 6) is 0.737. The second-order valence-electron chi connectivity index (χ2n) is 13.0. The lowest BCUT2D eigenvalue weighted by Crippen LogP contribution is -2.32. The maximum atomic E-state index is 13.5. The van der Waals surface area contributed by atoms with Gasteiger partial charge in [0, 0.05) is 47.5 Å². The summed E-state index contributed by atoms with van der Waals surface area (Å²) in [6.45, 7) is 5.99. The van der Waals surface area contributed by atoms with Crippen LogP contribution in [0.15, 0.2) is 65.1 Å². The highest BCUT2D eigenvalue weighted by atomic mass is 32.2. The fourth-order valence-corrected chi connectivity index (χ4v) is 7.16. The zero-order valence-corrected chi connectivity index (χ0v) is 27.0. The van der Waals surface area contributed by atoms with E-state index in [9.17, 15) is 23.3 Å². The number of aryl methyl sites for hydroxylation is 1. The number of furan rings is 1. The number of benzene rings is 3. The molecule has 232 valence electrons. The molecule has 0 amide bonds. The third-order valence-electron chi connectivity index (χ3n) is 9.27. The molecular formula is C37H38N2O5S. The van der Waals surface area contributed by atoms with Crippen LogP contribution in [0, 0.1) is 35.5 Å². The van der Waals surface area contributed by atoms with E-state index in [0.717, 1.165) is 36.8 Å². The van der Waals surface area contributed by atoms with Crippen molar-refractivity contribution in [1.82, 2.24) is 0 Å². The lowest BCUT2D eigenvalue weighted by molar-refractivity contribution is 0.0935. The Morgan fingerprint density at radius 3 is 2.31 bits per heavy atom. The molecule has 7 nitrogen and oxygen atoms in total. The molecule has 45 heavy (non-hydrogen) atoms. The molecule has 2 aliphatic carbocycles. The molecule has 2 saturated carbocycles. The first-order chi connectivity index (χ1) is 21.4. The first kappa shape index (κ1) is 30.8. The van der Waals surface area contributed by atoms with Crippen LogP contribution in [0.3, 0.4) is 0 Å². The van der Waals surface area contributed by atoms with Crippen LogP contribution in [-0.2, 0) is 10.0 Å². The number of nitrogens with zero attached hydrogens (tertiary/aromatic N) is 2. The summed E-state index contributed by atoms with van der Waals surface area (Å²) < 4.78 is 34.4. The molecule has 8 heteroatoms. The SMILES string of the molecule is CCC(=O)c1c(-c2ccc(C)cc2)oc2cc(N(CC3CC3)S(C)(=O)=O)c(-c3cccc(C(=O)CC(C)(C#N)C4CC4)c3)cc12. The average Bonchev–Trinajstić information content (AvgIpc) is 3.96. The molecule has 0 N–H and O–H groups in total. The fraction of sp³-hybridized carbons (Fsp3) is 0.378. The molecule has 2 aliphatic rings. The van der Waals surface area contributed by atoms with Crippen LogP contribution in [0.2, 0.25) is 0 Å². The first-order valence-corrected chi connectivity index (χ1v) is 17.5. The Labute approximate surface area is 264 Å². The predicted octanol–water partition coefficient (Wildman–Crippen LogP) is 8.36. The summed E-state index contributed by atoms with van der Waals surface area (Å²) >= 11 is 0. The topological polar surface area (TPSA) is 108 Å². The Balaban J connectivity index is 1.55. The lowest BCUT2D eigenvalue weighted by atomic mass is 9.80. The van der Waals surface area contributed by atoms with Gasteiger partial charge < -0.3 is 4.42 Å². The van der Waals surface area contributed by atoms with E-state index in [1.165, 1.54) is 10.6 Å². The molecule has 2 fully saturated rings. The van der Waals surface area contributed by atoms with Crippen molar-refractivity contribution in [2.75, 3.05) is 17.1 Å². The average molecular weight is 623 g/mol. The first-order valence-electron chi connectivity index (χ1n) is 15.6. The standard InChI is InChI=1S/C37H38N2O5S/c1-5-32(40)35-30-18-29(26-7-6-8-27(17-26)33(41)20-37(3,22-38)28-15-16-28)31(39(45(4,42)43)21-24-11-12-24)19-34(30)44-36(35)25-13-9-23(2)10-14-25/h6-10,13-14,17-19,24,28H,5,11-12,15-16,20-21H2,1-4H3. The molecule has 1 aromatic heterocycles. The highest BCUT2D eigenvalue weighted by molar-refractivity contribution is 7.92. The summed E-state index contributed by atoms with van der Waals surface area (Å²) in [6, 6.07) is 20.9. The molecule has 0 bridgehead atoms. The number of carbonyl (C=O) groups excluding carboxylic acids is 2. The van der Waals surface area contributed by atoms with E-state index in [-0.39, 0.29) is 36.2 Å². The molecule has 3 aromatic carbocycles. The van der Waals surface area contributed by atoms with Crippen molar-refractivity contribution in [3.05, 3.63) is 77.4 Å². The van der Waals surface area contributed by atoms with Crippen molar-refractivity contribution in [2.24, 2.45) is 17.3 Å². The Morgan fingerprint density at radius 2 is 1.71 bits per heavy atom. The number of ketones is 2. The van der Waals surface area contributed by atoms with E-state index in [0.29, 0.717) is 51.2 Å². The van der Waals surface area contributed by atoms with Gasteiger partial charge in [0.2, 0.25) is 10.0 Å². The van der Waals surface area contributed by atoms with Crippen LogP contribution < -0.4 is 4.31 Å². The minimum Gasteiger partial charge on any atom is -0.455 e. The third kappa shape index (κ3) is 6.19. The van der Waals surface area contributed by atoms with E-state index in [4.69, 9.17) is 4.42 Å². The quantitative estimate of drug-likeness (QED) is 0.147. The van der Waals surface area contributed by atoms with Crippen molar-refractivity contribution in [3.63, 3.8) is 0 Å². The van der Waals surface area contributed by atoms with Crippen LogP contribution in [0.5, 0.6) is 0 Å². The number of carbonyl (C=O) groups is 2. The van der Waals surface area contributed by atoms with Gasteiger partial charge in [0.05, 0.1) is 29.0 Å². The summed E-state index contributed by atoms with van der Waals surface area (Å²) in [4.78, 5) is 27.0. The molecule has 1 heterocycles. The summed E-state index contributed by atoms with van der Waals surface area (Å²) in [5.41, 5.74) is 4.16. The summed E-state index contributed by atoms with van der Waals surface area (Å²) in [7, 11) is -3.69. The van der Waals surface area contributed by atoms with E-state index >= 15 is 0 Å². The van der Waals surface area contributed by atoms with Crippen molar-refractivity contribution in [3.8, 4) is 28.5 Å². The second-order valence-corrected chi connectivity index (χ2v) is 14.9. The summed E-state index contributed by atoms with van der Waals surface area (Å²) in [5, 5.41) is 10.5. The van der Waals surface area contributed by atoms with Crippen LogP contribution in [-0.4, -0.2) is 32.8 Å². The van der Waals surface area contributed by atoms with Gasteiger partial charge in [-0.15, -0.1) is 0 Å². The molecule has 6 rings (SSSR count). The molecule has 0 aliphatic heterocycles. The lowest BCUT2D eigenvalue weighted by Gasteiger charge is -2.25. The van der Waals surface area contributed by atoms with E-state index in [1.807, 2.05) is 57.2 Å². The highest BCUT2D eigenvalue weighted by Crippen LogP contribution is 2.48. The molecular weight excluding hydrogens is 584 g/mol. The summed E-state index contributed by atoms with van der Waals surface area (Å²) in [6.07, 6.45) is 5.42. The number of anilines is 1. The van der Waals surface area contributed by atoms with E-state index in [1.54, 1.807) is 24.3 Å². The Bertz CT molecular complexity index is 1960. The van der Waals surface area contributed by atoms with Crippen LogP contribution in [0.1, 0.15) is 78.7 Å². The normalized spacial score (nSPS) is 16.2. The molecule has 0 spiro atoms. The number of nitriles is 1. The van der Waals surface area contributed by atoms with Gasteiger partial charge in [-0.25, -0.2) is 8.42 Å². The monoisotopic (exact) mass is 622 g/mol. The van der Waals surface area contributed by atoms with E-state index < -0.39 is 15.4 Å². The van der Waals surface area contributed by atoms with Gasteiger partial charge in [0.1, 0.15) is 11.3 Å². The van der Waals surface area contributed by atoms with Crippen molar-refractivity contribution in [2.45, 2.75) is 59.3 Å². The number of hydrogen-bond donors (Lipinski definition) is 0. The molecule has 0 radical (unpaired) electrons.